The smallest absolute Gasteiger partial charge is 0.330 e. The number of benzene rings is 1. The van der Waals surface area contributed by atoms with E-state index in [-0.39, 0.29) is 17.4 Å². The molecule has 174 valence electrons. The number of unbranched alkanes of at least 4 members (excludes halogenated alkanes) is 3. The highest BCUT2D eigenvalue weighted by molar-refractivity contribution is 6.06. The quantitative estimate of drug-likeness (QED) is 0.362. The van der Waals surface area contributed by atoms with Gasteiger partial charge in [0.2, 0.25) is 0 Å². The van der Waals surface area contributed by atoms with E-state index in [1.165, 1.54) is 15.5 Å². The minimum atomic E-state index is -0.657. The molecule has 8 nitrogen and oxygen atoms in total. The third kappa shape index (κ3) is 5.58. The van der Waals surface area contributed by atoms with Crippen LogP contribution in [-0.2, 0) is 11.3 Å². The van der Waals surface area contributed by atoms with Gasteiger partial charge in [0.15, 0.2) is 5.69 Å². The average molecular weight is 450 g/mol. The Labute approximate surface area is 192 Å². The van der Waals surface area contributed by atoms with E-state index < -0.39 is 11.2 Å². The molecule has 3 N–H and O–H groups in total. The van der Waals surface area contributed by atoms with Crippen molar-refractivity contribution in [1.82, 2.24) is 14.5 Å². The highest BCUT2D eigenvalue weighted by Gasteiger charge is 2.22. The topological polar surface area (TPSA) is 114 Å². The number of carbonyl (C=O) groups is 1. The Hall–Kier alpha value is -3.68. The zero-order valence-corrected chi connectivity index (χ0v) is 19.2. The standard InChI is InChI=1S/C25H31N5O3/c1-3-5-7-17-29(22-23(26)30(16-6-4-2)25(33)28-24(22)32)20(31)14-13-19-11-8-10-18-12-9-15-27-21(18)19/h8-15H,3-7,16-17,26H2,1-2H3,(H,28,32,33)/b14-13+. The van der Waals surface area contributed by atoms with Gasteiger partial charge in [0.1, 0.15) is 5.82 Å². The van der Waals surface area contributed by atoms with Gasteiger partial charge in [-0.15, -0.1) is 0 Å². The third-order valence-corrected chi connectivity index (χ3v) is 5.54. The van der Waals surface area contributed by atoms with Crippen molar-refractivity contribution in [2.75, 3.05) is 17.2 Å². The first-order valence-corrected chi connectivity index (χ1v) is 11.4. The highest BCUT2D eigenvalue weighted by atomic mass is 16.2. The van der Waals surface area contributed by atoms with Crippen LogP contribution in [0, 0.1) is 0 Å². The SMILES string of the molecule is CCCCCN(C(=O)/C=C/c1cccc2cccnc12)c1c(N)n(CCCC)c(=O)[nH]c1=O. The molecular weight excluding hydrogens is 418 g/mol. The van der Waals surface area contributed by atoms with E-state index in [0.29, 0.717) is 19.5 Å². The molecule has 0 aliphatic rings. The number of hydrogen-bond acceptors (Lipinski definition) is 5. The molecule has 3 aromatic rings. The van der Waals surface area contributed by atoms with Gasteiger partial charge in [-0.3, -0.25) is 24.1 Å². The van der Waals surface area contributed by atoms with Crippen LogP contribution < -0.4 is 21.9 Å². The Morgan fingerprint density at radius 2 is 1.88 bits per heavy atom. The number of anilines is 2. The lowest BCUT2D eigenvalue weighted by Gasteiger charge is -2.23. The normalized spacial score (nSPS) is 11.3. The maximum Gasteiger partial charge on any atom is 0.330 e. The van der Waals surface area contributed by atoms with Crippen LogP contribution in [0.2, 0.25) is 0 Å². The van der Waals surface area contributed by atoms with Crippen molar-refractivity contribution in [2.24, 2.45) is 0 Å². The number of aromatic amines is 1. The Kier molecular flexibility index (Phi) is 8.18. The number of carbonyl (C=O) groups excluding carboxylic acids is 1. The van der Waals surface area contributed by atoms with Gasteiger partial charge in [-0.1, -0.05) is 57.4 Å². The molecule has 0 aliphatic heterocycles. The van der Waals surface area contributed by atoms with Crippen molar-refractivity contribution < 1.29 is 4.79 Å². The second kappa shape index (κ2) is 11.3. The van der Waals surface area contributed by atoms with Gasteiger partial charge in [0.25, 0.3) is 11.5 Å². The summed E-state index contributed by atoms with van der Waals surface area (Å²) in [6, 6.07) is 9.56. The van der Waals surface area contributed by atoms with Crippen molar-refractivity contribution in [3.63, 3.8) is 0 Å². The summed E-state index contributed by atoms with van der Waals surface area (Å²) in [5.41, 5.74) is 6.65. The Morgan fingerprint density at radius 3 is 2.64 bits per heavy atom. The molecule has 8 heteroatoms. The number of para-hydroxylation sites is 1. The predicted molar refractivity (Wildman–Crippen MR) is 133 cm³/mol. The first kappa shape index (κ1) is 24.0. The average Bonchev–Trinajstić information content (AvgIpc) is 2.81. The number of aromatic nitrogens is 3. The van der Waals surface area contributed by atoms with Crippen molar-refractivity contribution >= 4 is 34.4 Å². The molecule has 0 fully saturated rings. The summed E-state index contributed by atoms with van der Waals surface area (Å²) in [5, 5.41) is 0.968. The minimum Gasteiger partial charge on any atom is -0.383 e. The molecule has 0 saturated carbocycles. The largest absolute Gasteiger partial charge is 0.383 e. The van der Waals surface area contributed by atoms with Gasteiger partial charge in [-0.2, -0.15) is 0 Å². The molecule has 0 saturated heterocycles. The van der Waals surface area contributed by atoms with Crippen LogP contribution in [0.4, 0.5) is 11.5 Å². The Balaban J connectivity index is 2.01. The zero-order valence-electron chi connectivity index (χ0n) is 19.2. The summed E-state index contributed by atoms with van der Waals surface area (Å²) < 4.78 is 1.33. The number of nitrogens with two attached hydrogens (primary N) is 1. The number of nitrogen functional groups attached to an aromatic ring is 1. The van der Waals surface area contributed by atoms with Crippen molar-refractivity contribution in [1.29, 1.82) is 0 Å². The lowest BCUT2D eigenvalue weighted by Crippen LogP contribution is -2.41. The number of nitrogens with zero attached hydrogens (tertiary/aromatic N) is 3. The molecular formula is C25H31N5O3. The van der Waals surface area contributed by atoms with Gasteiger partial charge in [0, 0.05) is 36.3 Å². The van der Waals surface area contributed by atoms with Crippen molar-refractivity contribution in [2.45, 2.75) is 52.5 Å². The number of fused-ring (bicyclic) bond motifs is 1. The Bertz CT molecular complexity index is 1250. The molecule has 3 rings (SSSR count). The maximum atomic E-state index is 13.3. The Morgan fingerprint density at radius 1 is 1.12 bits per heavy atom. The van der Waals surface area contributed by atoms with Gasteiger partial charge >= 0.3 is 5.69 Å². The number of hydrogen-bond donors (Lipinski definition) is 2. The van der Waals surface area contributed by atoms with Gasteiger partial charge in [-0.25, -0.2) is 4.79 Å². The molecule has 0 radical (unpaired) electrons. The van der Waals surface area contributed by atoms with E-state index in [4.69, 9.17) is 5.73 Å². The van der Waals surface area contributed by atoms with Gasteiger partial charge in [0.05, 0.1) is 5.52 Å². The number of nitrogens with one attached hydrogen (secondary N) is 1. The van der Waals surface area contributed by atoms with Crippen molar-refractivity contribution in [3.05, 3.63) is 69.0 Å². The van der Waals surface area contributed by atoms with Crippen LogP contribution >= 0.6 is 0 Å². The summed E-state index contributed by atoms with van der Waals surface area (Å²) in [7, 11) is 0. The second-order valence-electron chi connectivity index (χ2n) is 7.95. The number of pyridine rings is 1. The van der Waals surface area contributed by atoms with E-state index in [0.717, 1.165) is 42.1 Å². The van der Waals surface area contributed by atoms with Crippen LogP contribution in [-0.4, -0.2) is 27.0 Å². The summed E-state index contributed by atoms with van der Waals surface area (Å²) >= 11 is 0. The molecule has 33 heavy (non-hydrogen) atoms. The van der Waals surface area contributed by atoms with E-state index in [2.05, 4.69) is 16.9 Å². The molecule has 0 atom stereocenters. The van der Waals surface area contributed by atoms with Gasteiger partial charge < -0.3 is 10.6 Å². The van der Waals surface area contributed by atoms with Crippen LogP contribution in [0.15, 0.2) is 52.2 Å². The van der Waals surface area contributed by atoms with Crippen molar-refractivity contribution in [3.8, 4) is 0 Å². The summed E-state index contributed by atoms with van der Waals surface area (Å²) in [6.07, 6.45) is 8.99. The maximum absolute atomic E-state index is 13.3. The summed E-state index contributed by atoms with van der Waals surface area (Å²) in [4.78, 5) is 46.4. The molecule has 0 bridgehead atoms. The fourth-order valence-electron chi connectivity index (χ4n) is 3.74. The molecule has 0 spiro atoms. The lowest BCUT2D eigenvalue weighted by atomic mass is 10.1. The molecule has 0 aliphatic carbocycles. The van der Waals surface area contributed by atoms with E-state index in [1.54, 1.807) is 12.3 Å². The predicted octanol–water partition coefficient (Wildman–Crippen LogP) is 3.70. The minimum absolute atomic E-state index is 0.0160. The first-order chi connectivity index (χ1) is 16.0. The molecule has 0 unspecified atom stereocenters. The number of rotatable bonds is 10. The third-order valence-electron chi connectivity index (χ3n) is 5.54. The molecule has 1 aromatic carbocycles. The molecule has 2 heterocycles. The number of H-pyrrole nitrogens is 1. The highest BCUT2D eigenvalue weighted by Crippen LogP contribution is 2.21. The zero-order chi connectivity index (χ0) is 23.8. The summed E-state index contributed by atoms with van der Waals surface area (Å²) in [6.45, 7) is 4.76. The fourth-order valence-corrected chi connectivity index (χ4v) is 3.74. The van der Waals surface area contributed by atoms with Crippen LogP contribution in [0.1, 0.15) is 51.5 Å². The summed E-state index contributed by atoms with van der Waals surface area (Å²) in [5.74, 6) is -0.362. The first-order valence-electron chi connectivity index (χ1n) is 11.4. The van der Waals surface area contributed by atoms with Gasteiger partial charge in [-0.05, 0) is 25.0 Å². The van der Waals surface area contributed by atoms with E-state index >= 15 is 0 Å². The lowest BCUT2D eigenvalue weighted by molar-refractivity contribution is -0.114. The fraction of sp³-hybridized carbons (Fsp3) is 0.360. The van der Waals surface area contributed by atoms with Crippen LogP contribution in [0.5, 0.6) is 0 Å². The van der Waals surface area contributed by atoms with Crippen LogP contribution in [0.25, 0.3) is 17.0 Å². The monoisotopic (exact) mass is 449 g/mol. The molecule has 2 aromatic heterocycles. The van der Waals surface area contributed by atoms with E-state index in [1.807, 2.05) is 37.3 Å². The van der Waals surface area contributed by atoms with Crippen LogP contribution in [0.3, 0.4) is 0 Å². The second-order valence-corrected chi connectivity index (χ2v) is 7.95. The van der Waals surface area contributed by atoms with E-state index in [9.17, 15) is 14.4 Å². The molecule has 1 amide bonds. The number of amides is 1.